The zero-order valence-corrected chi connectivity index (χ0v) is 11.6. The van der Waals surface area contributed by atoms with E-state index in [4.69, 9.17) is 11.5 Å². The minimum absolute atomic E-state index is 0.463. The maximum atomic E-state index is 6.10. The van der Waals surface area contributed by atoms with Gasteiger partial charge in [-0.25, -0.2) is 0 Å². The smallest absolute Gasteiger partial charge is 0.00647 e. The Balaban J connectivity index is 1.78. The van der Waals surface area contributed by atoms with Crippen LogP contribution in [0.5, 0.6) is 0 Å². The van der Waals surface area contributed by atoms with Crippen LogP contribution < -0.4 is 11.5 Å². The molecule has 2 heteroatoms. The van der Waals surface area contributed by atoms with Gasteiger partial charge in [0.1, 0.15) is 0 Å². The molecule has 0 aromatic rings. The molecule has 0 saturated heterocycles. The molecule has 17 heavy (non-hydrogen) atoms. The minimum Gasteiger partial charge on any atom is -0.327 e. The summed E-state index contributed by atoms with van der Waals surface area (Å²) < 4.78 is 0. The highest BCUT2D eigenvalue weighted by Gasteiger charge is 2.30. The standard InChI is InChI=1S/C15H30N2/c1-10-7-12(3-5-14(10)16)9-13-4-6-15(17)11(2)8-13/h10-15H,3-9,16-17H2,1-2H3/t10-,11-,12+,13+,14-,15+/m0/s1. The molecule has 0 radical (unpaired) electrons. The highest BCUT2D eigenvalue weighted by atomic mass is 14.7. The average Bonchev–Trinajstić information content (AvgIpc) is 2.29. The van der Waals surface area contributed by atoms with Crippen LogP contribution in [-0.2, 0) is 0 Å². The van der Waals surface area contributed by atoms with E-state index < -0.39 is 0 Å². The molecule has 2 fully saturated rings. The van der Waals surface area contributed by atoms with Crippen molar-refractivity contribution in [2.24, 2.45) is 35.1 Å². The van der Waals surface area contributed by atoms with E-state index in [2.05, 4.69) is 13.8 Å². The van der Waals surface area contributed by atoms with Gasteiger partial charge in [-0.1, -0.05) is 13.8 Å². The predicted octanol–water partition coefficient (Wildman–Crippen LogP) is 2.90. The van der Waals surface area contributed by atoms with Crippen LogP contribution in [0.2, 0.25) is 0 Å². The third-order valence-corrected chi connectivity index (χ3v) is 5.36. The number of hydrogen-bond acceptors (Lipinski definition) is 2. The number of rotatable bonds is 2. The number of nitrogens with two attached hydrogens (primary N) is 2. The molecule has 0 spiro atoms. The van der Waals surface area contributed by atoms with Crippen molar-refractivity contribution in [2.45, 2.75) is 70.9 Å². The predicted molar refractivity (Wildman–Crippen MR) is 73.6 cm³/mol. The van der Waals surface area contributed by atoms with Crippen molar-refractivity contribution in [3.63, 3.8) is 0 Å². The normalized spacial score (nSPS) is 48.0. The van der Waals surface area contributed by atoms with Crippen molar-refractivity contribution in [1.29, 1.82) is 0 Å². The van der Waals surface area contributed by atoms with Gasteiger partial charge in [0, 0.05) is 12.1 Å². The first-order valence-electron chi connectivity index (χ1n) is 7.57. The lowest BCUT2D eigenvalue weighted by Gasteiger charge is -2.37. The van der Waals surface area contributed by atoms with Crippen LogP contribution in [0, 0.1) is 23.7 Å². The molecule has 0 aromatic heterocycles. The Labute approximate surface area is 107 Å². The van der Waals surface area contributed by atoms with Gasteiger partial charge in [0.05, 0.1) is 0 Å². The van der Waals surface area contributed by atoms with Crippen LogP contribution in [0.25, 0.3) is 0 Å². The Bertz CT molecular complexity index is 217. The molecule has 0 bridgehead atoms. The van der Waals surface area contributed by atoms with E-state index in [9.17, 15) is 0 Å². The summed E-state index contributed by atoms with van der Waals surface area (Å²) in [5.41, 5.74) is 12.2. The maximum absolute atomic E-state index is 6.10. The third kappa shape index (κ3) is 3.45. The maximum Gasteiger partial charge on any atom is 0.00647 e. The van der Waals surface area contributed by atoms with Crippen LogP contribution in [-0.4, -0.2) is 12.1 Å². The fraction of sp³-hybridized carbons (Fsp3) is 1.00. The first-order valence-corrected chi connectivity index (χ1v) is 7.57. The zero-order chi connectivity index (χ0) is 12.4. The van der Waals surface area contributed by atoms with E-state index in [1.807, 2.05) is 0 Å². The second-order valence-electron chi connectivity index (χ2n) is 6.88. The lowest BCUT2D eigenvalue weighted by Crippen LogP contribution is -2.37. The van der Waals surface area contributed by atoms with Gasteiger partial charge in [-0.05, 0) is 68.6 Å². The van der Waals surface area contributed by atoms with Crippen molar-refractivity contribution in [3.05, 3.63) is 0 Å². The SMILES string of the molecule is C[C@H]1C[C@H](C[C@@H]2CC[C@H](N)[C@@H](C)C2)CC[C@H]1N. The topological polar surface area (TPSA) is 52.0 Å². The summed E-state index contributed by atoms with van der Waals surface area (Å²) in [6.45, 7) is 4.66. The van der Waals surface area contributed by atoms with Crippen molar-refractivity contribution >= 4 is 0 Å². The van der Waals surface area contributed by atoms with E-state index >= 15 is 0 Å². The van der Waals surface area contributed by atoms with E-state index in [-0.39, 0.29) is 0 Å². The molecule has 2 aliphatic carbocycles. The Hall–Kier alpha value is -0.0800. The van der Waals surface area contributed by atoms with Gasteiger partial charge in [0.15, 0.2) is 0 Å². The molecule has 0 aliphatic heterocycles. The zero-order valence-electron chi connectivity index (χ0n) is 11.6. The monoisotopic (exact) mass is 238 g/mol. The lowest BCUT2D eigenvalue weighted by atomic mass is 9.71. The molecule has 2 aliphatic rings. The minimum atomic E-state index is 0.463. The Morgan fingerprint density at radius 2 is 1.18 bits per heavy atom. The van der Waals surface area contributed by atoms with Crippen LogP contribution in [0.3, 0.4) is 0 Å². The molecular formula is C15H30N2. The molecule has 0 unspecified atom stereocenters. The molecule has 4 N–H and O–H groups in total. The molecule has 2 saturated carbocycles. The Morgan fingerprint density at radius 1 is 0.765 bits per heavy atom. The van der Waals surface area contributed by atoms with Crippen molar-refractivity contribution in [1.82, 2.24) is 0 Å². The lowest BCUT2D eigenvalue weighted by molar-refractivity contribution is 0.169. The van der Waals surface area contributed by atoms with E-state index in [0.29, 0.717) is 12.1 Å². The Kier molecular flexibility index (Phi) is 4.48. The highest BCUT2D eigenvalue weighted by Crippen LogP contribution is 2.38. The third-order valence-electron chi connectivity index (χ3n) is 5.36. The second-order valence-corrected chi connectivity index (χ2v) is 6.88. The molecule has 6 atom stereocenters. The summed E-state index contributed by atoms with van der Waals surface area (Å²) in [4.78, 5) is 0. The van der Waals surface area contributed by atoms with Gasteiger partial charge in [-0.3, -0.25) is 0 Å². The van der Waals surface area contributed by atoms with Crippen LogP contribution >= 0.6 is 0 Å². The van der Waals surface area contributed by atoms with E-state index in [1.54, 1.807) is 0 Å². The second kappa shape index (κ2) is 5.71. The Morgan fingerprint density at radius 3 is 1.53 bits per heavy atom. The summed E-state index contributed by atoms with van der Waals surface area (Å²) in [6, 6.07) is 0.926. The van der Waals surface area contributed by atoms with Crippen LogP contribution in [0.15, 0.2) is 0 Å². The average molecular weight is 238 g/mol. The first kappa shape index (κ1) is 13.4. The fourth-order valence-electron chi connectivity index (χ4n) is 3.96. The molecule has 0 heterocycles. The number of hydrogen-bond donors (Lipinski definition) is 2. The quantitative estimate of drug-likeness (QED) is 0.777. The summed E-state index contributed by atoms with van der Waals surface area (Å²) in [6.07, 6.45) is 9.37. The van der Waals surface area contributed by atoms with Gasteiger partial charge < -0.3 is 11.5 Å². The molecule has 100 valence electrons. The van der Waals surface area contributed by atoms with Gasteiger partial charge in [-0.15, -0.1) is 0 Å². The van der Waals surface area contributed by atoms with Gasteiger partial charge >= 0.3 is 0 Å². The van der Waals surface area contributed by atoms with Crippen LogP contribution in [0.4, 0.5) is 0 Å². The molecule has 0 amide bonds. The van der Waals surface area contributed by atoms with E-state index in [1.165, 1.54) is 44.9 Å². The molecule has 2 nitrogen and oxygen atoms in total. The van der Waals surface area contributed by atoms with Crippen molar-refractivity contribution in [2.75, 3.05) is 0 Å². The van der Waals surface area contributed by atoms with Gasteiger partial charge in [0.2, 0.25) is 0 Å². The van der Waals surface area contributed by atoms with Crippen LogP contribution in [0.1, 0.15) is 58.8 Å². The molecular weight excluding hydrogens is 208 g/mol. The summed E-state index contributed by atoms with van der Waals surface area (Å²) in [5, 5.41) is 0. The fourth-order valence-corrected chi connectivity index (χ4v) is 3.96. The van der Waals surface area contributed by atoms with E-state index in [0.717, 1.165) is 23.7 Å². The van der Waals surface area contributed by atoms with Gasteiger partial charge in [-0.2, -0.15) is 0 Å². The molecule has 0 aromatic carbocycles. The van der Waals surface area contributed by atoms with Gasteiger partial charge in [0.25, 0.3) is 0 Å². The molecule has 2 rings (SSSR count). The summed E-state index contributed by atoms with van der Waals surface area (Å²) in [7, 11) is 0. The summed E-state index contributed by atoms with van der Waals surface area (Å²) >= 11 is 0. The van der Waals surface area contributed by atoms with Crippen molar-refractivity contribution < 1.29 is 0 Å². The largest absolute Gasteiger partial charge is 0.327 e. The highest BCUT2D eigenvalue weighted by molar-refractivity contribution is 4.85. The summed E-state index contributed by atoms with van der Waals surface area (Å²) in [5.74, 6) is 3.35. The first-order chi connectivity index (χ1) is 8.06. The van der Waals surface area contributed by atoms with Crippen molar-refractivity contribution in [3.8, 4) is 0 Å².